The average Bonchev–Trinajstić information content (AvgIpc) is 1.61. The van der Waals surface area contributed by atoms with Gasteiger partial charge in [0.2, 0.25) is 5.91 Å². The standard InChI is InChI=1S/C5H8NO/c1-2-3-4-5(6)7/h2-3,6H,4H2,1H3. The topological polar surface area (TPSA) is 40.9 Å². The van der Waals surface area contributed by atoms with Gasteiger partial charge in [-0.2, -0.15) is 0 Å². The van der Waals surface area contributed by atoms with E-state index in [-0.39, 0.29) is 6.42 Å². The maximum atomic E-state index is 9.82. The van der Waals surface area contributed by atoms with E-state index < -0.39 is 5.91 Å². The number of rotatable bonds is 2. The molecule has 0 bridgehead atoms. The number of nitrogens with one attached hydrogen (secondary N) is 1. The molecule has 0 aromatic heterocycles. The molecule has 0 fully saturated rings. The van der Waals surface area contributed by atoms with Gasteiger partial charge in [0.1, 0.15) is 0 Å². The van der Waals surface area contributed by atoms with E-state index in [1.807, 2.05) is 6.92 Å². The molecule has 39 valence electrons. The molecule has 0 atom stereocenters. The summed E-state index contributed by atoms with van der Waals surface area (Å²) in [5.74, 6) is -0.530. The van der Waals surface area contributed by atoms with Gasteiger partial charge < -0.3 is 0 Å². The molecule has 7 heavy (non-hydrogen) atoms. The quantitative estimate of drug-likeness (QED) is 0.470. The van der Waals surface area contributed by atoms with Gasteiger partial charge in [-0.1, -0.05) is 12.2 Å². The summed E-state index contributed by atoms with van der Waals surface area (Å²) in [4.78, 5) is 9.82. The highest BCUT2D eigenvalue weighted by molar-refractivity contribution is 5.74. The Bertz CT molecular complexity index is 86.1. The molecule has 0 aliphatic carbocycles. The lowest BCUT2D eigenvalue weighted by Crippen LogP contribution is -1.92. The van der Waals surface area contributed by atoms with E-state index in [1.54, 1.807) is 12.2 Å². The Morgan fingerprint density at radius 2 is 2.43 bits per heavy atom. The summed E-state index contributed by atoms with van der Waals surface area (Å²) in [7, 11) is 0. The van der Waals surface area contributed by atoms with E-state index in [0.29, 0.717) is 0 Å². The van der Waals surface area contributed by atoms with Crippen molar-refractivity contribution in [1.82, 2.24) is 5.73 Å². The Morgan fingerprint density at radius 1 is 1.86 bits per heavy atom. The number of amides is 1. The lowest BCUT2D eigenvalue weighted by molar-refractivity contribution is -0.117. The molecule has 0 heterocycles. The summed E-state index contributed by atoms with van der Waals surface area (Å²) in [5.41, 5.74) is 6.39. The van der Waals surface area contributed by atoms with Gasteiger partial charge in [0, 0.05) is 6.42 Å². The highest BCUT2D eigenvalue weighted by Crippen LogP contribution is 1.78. The van der Waals surface area contributed by atoms with Gasteiger partial charge >= 0.3 is 0 Å². The fourth-order valence-electron chi connectivity index (χ4n) is 0.225. The average molecular weight is 98.1 g/mol. The van der Waals surface area contributed by atoms with Gasteiger partial charge in [-0.3, -0.25) is 10.5 Å². The highest BCUT2D eigenvalue weighted by atomic mass is 16.1. The lowest BCUT2D eigenvalue weighted by Gasteiger charge is -1.76. The molecule has 0 saturated carbocycles. The first kappa shape index (κ1) is 6.21. The van der Waals surface area contributed by atoms with Crippen molar-refractivity contribution in [3.63, 3.8) is 0 Å². The SMILES string of the molecule is CC=CCC([NH])=O. The monoisotopic (exact) mass is 98.1 g/mol. The van der Waals surface area contributed by atoms with Crippen molar-refractivity contribution in [3.8, 4) is 0 Å². The molecule has 0 aliphatic rings. The summed E-state index contributed by atoms with van der Waals surface area (Å²) >= 11 is 0. The first-order valence-corrected chi connectivity index (χ1v) is 2.13. The van der Waals surface area contributed by atoms with Crippen molar-refractivity contribution in [2.24, 2.45) is 0 Å². The van der Waals surface area contributed by atoms with Crippen LogP contribution in [0.3, 0.4) is 0 Å². The maximum absolute atomic E-state index is 9.82. The van der Waals surface area contributed by atoms with E-state index in [0.717, 1.165) is 0 Å². The third kappa shape index (κ3) is 5.21. The Balaban J connectivity index is 3.14. The van der Waals surface area contributed by atoms with Gasteiger partial charge in [0.15, 0.2) is 0 Å². The minimum atomic E-state index is -0.530. The van der Waals surface area contributed by atoms with Crippen LogP contribution in [0.2, 0.25) is 0 Å². The van der Waals surface area contributed by atoms with Gasteiger partial charge in [0.05, 0.1) is 0 Å². The van der Waals surface area contributed by atoms with Crippen LogP contribution in [-0.4, -0.2) is 5.91 Å². The van der Waals surface area contributed by atoms with E-state index >= 15 is 0 Å². The van der Waals surface area contributed by atoms with Crippen LogP contribution >= 0.6 is 0 Å². The minimum absolute atomic E-state index is 0.247. The number of hydrogen-bond acceptors (Lipinski definition) is 1. The molecular weight excluding hydrogens is 90.1 g/mol. The zero-order valence-corrected chi connectivity index (χ0v) is 4.27. The van der Waals surface area contributed by atoms with Crippen molar-refractivity contribution in [2.45, 2.75) is 13.3 Å². The zero-order valence-electron chi connectivity index (χ0n) is 4.27. The van der Waals surface area contributed by atoms with Crippen LogP contribution in [-0.2, 0) is 4.79 Å². The van der Waals surface area contributed by atoms with Crippen LogP contribution < -0.4 is 5.73 Å². The van der Waals surface area contributed by atoms with Crippen molar-refractivity contribution in [3.05, 3.63) is 12.2 Å². The maximum Gasteiger partial charge on any atom is 0.242 e. The Morgan fingerprint density at radius 3 is 2.57 bits per heavy atom. The lowest BCUT2D eigenvalue weighted by atomic mass is 10.4. The second-order valence-electron chi connectivity index (χ2n) is 1.20. The molecule has 1 N–H and O–H groups in total. The number of carbonyl (C=O) groups excluding carboxylic acids is 1. The molecule has 2 nitrogen and oxygen atoms in total. The normalized spacial score (nSPS) is 9.86. The summed E-state index contributed by atoms with van der Waals surface area (Å²) in [6.07, 6.45) is 3.66. The number of allylic oxidation sites excluding steroid dienone is 1. The second kappa shape index (κ2) is 3.40. The van der Waals surface area contributed by atoms with E-state index in [1.165, 1.54) is 0 Å². The first-order chi connectivity index (χ1) is 3.27. The van der Waals surface area contributed by atoms with Crippen LogP contribution in [0.5, 0.6) is 0 Å². The molecule has 1 amide bonds. The summed E-state index contributed by atoms with van der Waals surface area (Å²) in [5, 5.41) is 0. The predicted octanol–water partition coefficient (Wildman–Crippen LogP) is 0.762. The van der Waals surface area contributed by atoms with Crippen molar-refractivity contribution in [2.75, 3.05) is 0 Å². The second-order valence-corrected chi connectivity index (χ2v) is 1.20. The highest BCUT2D eigenvalue weighted by Gasteiger charge is 1.83. The predicted molar refractivity (Wildman–Crippen MR) is 27.5 cm³/mol. The first-order valence-electron chi connectivity index (χ1n) is 2.13. The summed E-state index contributed by atoms with van der Waals surface area (Å²) < 4.78 is 0. The van der Waals surface area contributed by atoms with Gasteiger partial charge in [-0.25, -0.2) is 0 Å². The zero-order chi connectivity index (χ0) is 5.70. The fraction of sp³-hybridized carbons (Fsp3) is 0.400. The van der Waals surface area contributed by atoms with Crippen molar-refractivity contribution >= 4 is 5.91 Å². The molecule has 0 aromatic rings. The van der Waals surface area contributed by atoms with Gasteiger partial charge in [0.25, 0.3) is 0 Å². The van der Waals surface area contributed by atoms with Crippen LogP contribution in [0, 0.1) is 0 Å². The minimum Gasteiger partial charge on any atom is -0.273 e. The van der Waals surface area contributed by atoms with Crippen LogP contribution in [0.1, 0.15) is 13.3 Å². The fourth-order valence-corrected chi connectivity index (χ4v) is 0.225. The summed E-state index contributed by atoms with van der Waals surface area (Å²) in [6, 6.07) is 0. The van der Waals surface area contributed by atoms with E-state index in [9.17, 15) is 4.79 Å². The molecule has 0 saturated heterocycles. The molecule has 0 unspecified atom stereocenters. The number of hydrogen-bond donors (Lipinski definition) is 0. The molecule has 0 aromatic carbocycles. The van der Waals surface area contributed by atoms with E-state index in [2.05, 4.69) is 0 Å². The Hall–Kier alpha value is -0.790. The van der Waals surface area contributed by atoms with Crippen molar-refractivity contribution < 1.29 is 4.79 Å². The molecule has 0 rings (SSSR count). The van der Waals surface area contributed by atoms with Crippen molar-refractivity contribution in [1.29, 1.82) is 0 Å². The van der Waals surface area contributed by atoms with Crippen LogP contribution in [0.15, 0.2) is 12.2 Å². The smallest absolute Gasteiger partial charge is 0.242 e. The third-order valence-electron chi connectivity index (χ3n) is 0.539. The summed E-state index contributed by atoms with van der Waals surface area (Å²) in [6.45, 7) is 1.82. The van der Waals surface area contributed by atoms with Gasteiger partial charge in [-0.05, 0) is 6.92 Å². The molecule has 1 radical (unpaired) electrons. The van der Waals surface area contributed by atoms with Gasteiger partial charge in [-0.15, -0.1) is 0 Å². The Kier molecular flexibility index (Phi) is 3.02. The van der Waals surface area contributed by atoms with Crippen LogP contribution in [0.25, 0.3) is 0 Å². The van der Waals surface area contributed by atoms with Crippen LogP contribution in [0.4, 0.5) is 0 Å². The largest absolute Gasteiger partial charge is 0.273 e. The number of carbonyl (C=O) groups is 1. The Labute approximate surface area is 43.0 Å². The molecule has 0 aliphatic heterocycles. The molecule has 2 heteroatoms. The van der Waals surface area contributed by atoms with E-state index in [4.69, 9.17) is 5.73 Å². The molecular formula is C5H8NO. The third-order valence-corrected chi connectivity index (χ3v) is 0.539. The molecule has 0 spiro atoms.